The minimum atomic E-state index is -0.343. The van der Waals surface area contributed by atoms with Gasteiger partial charge in [-0.05, 0) is 58.3 Å². The van der Waals surface area contributed by atoms with Crippen LogP contribution in [0.15, 0.2) is 18.2 Å². The Kier molecular flexibility index (Phi) is 7.24. The van der Waals surface area contributed by atoms with Crippen LogP contribution in [0.2, 0.25) is 0 Å². The van der Waals surface area contributed by atoms with Gasteiger partial charge in [0.25, 0.3) is 0 Å². The van der Waals surface area contributed by atoms with Crippen LogP contribution in [0.1, 0.15) is 17.5 Å². The number of halogens is 1. The van der Waals surface area contributed by atoms with E-state index in [0.29, 0.717) is 5.56 Å². The lowest BCUT2D eigenvalue weighted by Gasteiger charge is -2.18. The molecule has 1 aromatic carbocycles. The molecule has 1 rings (SSSR count). The van der Waals surface area contributed by atoms with Crippen LogP contribution >= 0.6 is 0 Å². The van der Waals surface area contributed by atoms with E-state index < -0.39 is 0 Å². The molecule has 1 N–H and O–H groups in total. The summed E-state index contributed by atoms with van der Waals surface area (Å²) in [4.78, 5) is 4.37. The standard InChI is InChI=1S/C16H23FN2O/c1-18(2)9-5-10-19(3)13-14-7-8-16(17)15(12-14)6-4-11-20/h7-8,12,20H,5,9-11,13H2,1-3H3. The summed E-state index contributed by atoms with van der Waals surface area (Å²) in [5, 5.41) is 8.67. The molecule has 0 aliphatic rings. The minimum Gasteiger partial charge on any atom is -0.384 e. The Morgan fingerprint density at radius 1 is 1.20 bits per heavy atom. The predicted molar refractivity (Wildman–Crippen MR) is 79.9 cm³/mol. The summed E-state index contributed by atoms with van der Waals surface area (Å²) in [7, 11) is 6.18. The Morgan fingerprint density at radius 3 is 2.60 bits per heavy atom. The van der Waals surface area contributed by atoms with E-state index in [1.165, 1.54) is 6.07 Å². The van der Waals surface area contributed by atoms with Crippen molar-refractivity contribution < 1.29 is 9.50 Å². The summed E-state index contributed by atoms with van der Waals surface area (Å²) in [6.45, 7) is 2.56. The van der Waals surface area contributed by atoms with Crippen LogP contribution in [0.25, 0.3) is 0 Å². The highest BCUT2D eigenvalue weighted by Gasteiger charge is 2.04. The monoisotopic (exact) mass is 278 g/mol. The first-order valence-electron chi connectivity index (χ1n) is 6.74. The zero-order chi connectivity index (χ0) is 15.0. The van der Waals surface area contributed by atoms with Gasteiger partial charge in [-0.2, -0.15) is 0 Å². The first-order chi connectivity index (χ1) is 9.52. The molecule has 0 fully saturated rings. The molecular formula is C16H23FN2O. The molecule has 4 heteroatoms. The molecular weight excluding hydrogens is 255 g/mol. The first-order valence-corrected chi connectivity index (χ1v) is 6.74. The van der Waals surface area contributed by atoms with E-state index >= 15 is 0 Å². The average Bonchev–Trinajstić information content (AvgIpc) is 2.39. The van der Waals surface area contributed by atoms with Crippen molar-refractivity contribution in [2.75, 3.05) is 40.8 Å². The van der Waals surface area contributed by atoms with Gasteiger partial charge >= 0.3 is 0 Å². The second-order valence-electron chi connectivity index (χ2n) is 5.17. The van der Waals surface area contributed by atoms with Crippen LogP contribution in [0.4, 0.5) is 4.39 Å². The SMILES string of the molecule is CN(C)CCCN(C)Cc1ccc(F)c(C#CCO)c1. The van der Waals surface area contributed by atoms with Gasteiger partial charge in [0.2, 0.25) is 0 Å². The van der Waals surface area contributed by atoms with Gasteiger partial charge < -0.3 is 14.9 Å². The van der Waals surface area contributed by atoms with Crippen LogP contribution in [-0.4, -0.2) is 55.7 Å². The molecule has 0 saturated heterocycles. The van der Waals surface area contributed by atoms with Crippen molar-refractivity contribution in [3.63, 3.8) is 0 Å². The van der Waals surface area contributed by atoms with E-state index in [9.17, 15) is 4.39 Å². The fraction of sp³-hybridized carbons (Fsp3) is 0.500. The van der Waals surface area contributed by atoms with Gasteiger partial charge in [-0.25, -0.2) is 4.39 Å². The van der Waals surface area contributed by atoms with Gasteiger partial charge in [0.15, 0.2) is 0 Å². The molecule has 0 bridgehead atoms. The molecule has 110 valence electrons. The predicted octanol–water partition coefficient (Wildman–Crippen LogP) is 1.55. The molecule has 1 aromatic rings. The highest BCUT2D eigenvalue weighted by molar-refractivity contribution is 5.38. The number of benzene rings is 1. The van der Waals surface area contributed by atoms with Crippen molar-refractivity contribution >= 4 is 0 Å². The zero-order valence-electron chi connectivity index (χ0n) is 12.5. The van der Waals surface area contributed by atoms with Crippen LogP contribution in [-0.2, 0) is 6.54 Å². The van der Waals surface area contributed by atoms with E-state index in [-0.39, 0.29) is 12.4 Å². The quantitative estimate of drug-likeness (QED) is 0.800. The summed E-state index contributed by atoms with van der Waals surface area (Å²) >= 11 is 0. The summed E-state index contributed by atoms with van der Waals surface area (Å²) in [6.07, 6.45) is 1.10. The molecule has 0 aliphatic heterocycles. The fourth-order valence-electron chi connectivity index (χ4n) is 1.95. The maximum atomic E-state index is 13.5. The van der Waals surface area contributed by atoms with E-state index in [2.05, 4.69) is 42.8 Å². The van der Waals surface area contributed by atoms with E-state index in [1.807, 2.05) is 0 Å². The van der Waals surface area contributed by atoms with Gasteiger partial charge in [0.1, 0.15) is 12.4 Å². The second-order valence-corrected chi connectivity index (χ2v) is 5.17. The van der Waals surface area contributed by atoms with Gasteiger partial charge in [0, 0.05) is 6.54 Å². The largest absolute Gasteiger partial charge is 0.384 e. The third-order valence-electron chi connectivity index (χ3n) is 2.93. The van der Waals surface area contributed by atoms with Gasteiger partial charge in [-0.3, -0.25) is 0 Å². The van der Waals surface area contributed by atoms with Crippen LogP contribution in [0, 0.1) is 17.7 Å². The van der Waals surface area contributed by atoms with E-state index in [1.54, 1.807) is 12.1 Å². The minimum absolute atomic E-state index is 0.256. The molecule has 0 unspecified atom stereocenters. The highest BCUT2D eigenvalue weighted by atomic mass is 19.1. The van der Waals surface area contributed by atoms with Gasteiger partial charge in [-0.1, -0.05) is 17.9 Å². The Balaban J connectivity index is 2.59. The van der Waals surface area contributed by atoms with Gasteiger partial charge in [0.05, 0.1) is 5.56 Å². The maximum Gasteiger partial charge on any atom is 0.138 e. The zero-order valence-corrected chi connectivity index (χ0v) is 12.5. The summed E-state index contributed by atoms with van der Waals surface area (Å²) in [5.74, 6) is 4.77. The Bertz CT molecular complexity index is 477. The topological polar surface area (TPSA) is 26.7 Å². The number of aliphatic hydroxyl groups is 1. The van der Waals surface area contributed by atoms with E-state index in [4.69, 9.17) is 5.11 Å². The number of nitrogens with zero attached hydrogens (tertiary/aromatic N) is 2. The molecule has 0 radical (unpaired) electrons. The fourth-order valence-corrected chi connectivity index (χ4v) is 1.95. The van der Waals surface area contributed by atoms with Crippen molar-refractivity contribution in [1.29, 1.82) is 0 Å². The smallest absolute Gasteiger partial charge is 0.138 e. The molecule has 20 heavy (non-hydrogen) atoms. The van der Waals surface area contributed by atoms with Crippen LogP contribution in [0.3, 0.4) is 0 Å². The second kappa shape index (κ2) is 8.70. The Hall–Kier alpha value is -1.41. The lowest BCUT2D eigenvalue weighted by molar-refractivity contribution is 0.294. The lowest BCUT2D eigenvalue weighted by Crippen LogP contribution is -2.23. The molecule has 0 atom stereocenters. The van der Waals surface area contributed by atoms with Crippen molar-refractivity contribution in [3.05, 3.63) is 35.1 Å². The third-order valence-corrected chi connectivity index (χ3v) is 2.93. The van der Waals surface area contributed by atoms with Crippen LogP contribution < -0.4 is 0 Å². The normalized spacial score (nSPS) is 10.8. The lowest BCUT2D eigenvalue weighted by atomic mass is 10.1. The Labute approximate surface area is 121 Å². The molecule has 0 spiro atoms. The highest BCUT2D eigenvalue weighted by Crippen LogP contribution is 2.11. The average molecular weight is 278 g/mol. The molecule has 0 aliphatic carbocycles. The molecule has 0 aromatic heterocycles. The summed E-state index contributed by atoms with van der Waals surface area (Å²) < 4.78 is 13.5. The number of hydrogen-bond acceptors (Lipinski definition) is 3. The van der Waals surface area contributed by atoms with Crippen molar-refractivity contribution in [3.8, 4) is 11.8 Å². The van der Waals surface area contributed by atoms with Gasteiger partial charge in [-0.15, -0.1) is 0 Å². The van der Waals surface area contributed by atoms with Crippen molar-refractivity contribution in [2.24, 2.45) is 0 Å². The number of aliphatic hydroxyl groups excluding tert-OH is 1. The molecule has 0 saturated carbocycles. The number of hydrogen-bond donors (Lipinski definition) is 1. The molecule has 0 heterocycles. The van der Waals surface area contributed by atoms with Crippen LogP contribution in [0.5, 0.6) is 0 Å². The molecule has 3 nitrogen and oxygen atoms in total. The number of rotatable bonds is 6. The van der Waals surface area contributed by atoms with Crippen molar-refractivity contribution in [1.82, 2.24) is 9.80 Å². The molecule has 0 amide bonds. The first kappa shape index (κ1) is 16.6. The third kappa shape index (κ3) is 6.16. The van der Waals surface area contributed by atoms with Crippen molar-refractivity contribution in [2.45, 2.75) is 13.0 Å². The summed E-state index contributed by atoms with van der Waals surface area (Å²) in [6, 6.07) is 4.97. The van der Waals surface area contributed by atoms with E-state index in [0.717, 1.165) is 31.6 Å². The maximum absolute atomic E-state index is 13.5. The Morgan fingerprint density at radius 2 is 1.95 bits per heavy atom. The summed E-state index contributed by atoms with van der Waals surface area (Å²) in [5.41, 5.74) is 1.37.